The molecule has 0 bridgehead atoms. The third-order valence-corrected chi connectivity index (χ3v) is 4.73. The Bertz CT molecular complexity index is 631. The number of hydrogen-bond acceptors (Lipinski definition) is 2. The number of nitrogens with one attached hydrogen (secondary N) is 1. The molecule has 2 rings (SSSR count). The summed E-state index contributed by atoms with van der Waals surface area (Å²) in [5, 5.41) is 3.63. The van der Waals surface area contributed by atoms with Gasteiger partial charge in [-0.3, -0.25) is 4.79 Å². The van der Waals surface area contributed by atoms with Crippen molar-refractivity contribution in [2.75, 3.05) is 11.1 Å². The maximum absolute atomic E-state index is 11.9. The van der Waals surface area contributed by atoms with Crippen molar-refractivity contribution in [1.29, 1.82) is 0 Å². The summed E-state index contributed by atoms with van der Waals surface area (Å²) in [4.78, 5) is 11.9. The molecule has 2 aromatic carbocycles. The summed E-state index contributed by atoms with van der Waals surface area (Å²) in [6.07, 6.45) is 0. The van der Waals surface area contributed by atoms with Crippen LogP contribution in [0.3, 0.4) is 0 Å². The molecule has 0 aliphatic heterocycles. The van der Waals surface area contributed by atoms with Gasteiger partial charge in [-0.25, -0.2) is 0 Å². The van der Waals surface area contributed by atoms with Crippen LogP contribution in [0.15, 0.2) is 46.9 Å². The molecule has 0 saturated carbocycles. The first-order valence-electron chi connectivity index (χ1n) is 6.43. The number of carbonyl (C=O) groups excluding carboxylic acids is 1. The second kappa shape index (κ2) is 7.87. The summed E-state index contributed by atoms with van der Waals surface area (Å²) in [6.45, 7) is 2.01. The average molecular weight is 385 g/mol. The van der Waals surface area contributed by atoms with Crippen molar-refractivity contribution in [1.82, 2.24) is 0 Å². The van der Waals surface area contributed by atoms with Gasteiger partial charge in [-0.05, 0) is 58.2 Å². The molecule has 0 unspecified atom stereocenters. The summed E-state index contributed by atoms with van der Waals surface area (Å²) in [5.41, 5.74) is 3.11. The zero-order chi connectivity index (χ0) is 15.2. The van der Waals surface area contributed by atoms with Crippen LogP contribution in [0.2, 0.25) is 5.02 Å². The molecule has 0 spiro atoms. The van der Waals surface area contributed by atoms with Gasteiger partial charge in [0, 0.05) is 15.2 Å². The van der Waals surface area contributed by atoms with Crippen molar-refractivity contribution >= 4 is 50.9 Å². The van der Waals surface area contributed by atoms with Gasteiger partial charge in [-0.1, -0.05) is 29.8 Å². The molecule has 0 heterocycles. The molecule has 110 valence electrons. The molecule has 0 radical (unpaired) electrons. The van der Waals surface area contributed by atoms with Crippen LogP contribution in [0.4, 0.5) is 5.69 Å². The standard InChI is InChI=1S/C16H15BrClNOS/c1-11-2-7-15(14(17)8-11)19-16(20)10-21-9-12-3-5-13(18)6-4-12/h2-8H,9-10H2,1H3,(H,19,20). The van der Waals surface area contributed by atoms with E-state index < -0.39 is 0 Å². The fourth-order valence-electron chi connectivity index (χ4n) is 1.75. The van der Waals surface area contributed by atoms with Gasteiger partial charge in [0.25, 0.3) is 0 Å². The Labute approximate surface area is 142 Å². The summed E-state index contributed by atoms with van der Waals surface area (Å²) < 4.78 is 0.901. The van der Waals surface area contributed by atoms with E-state index in [4.69, 9.17) is 11.6 Å². The summed E-state index contributed by atoms with van der Waals surface area (Å²) in [5.74, 6) is 1.21. The van der Waals surface area contributed by atoms with Gasteiger partial charge in [0.1, 0.15) is 0 Å². The predicted octanol–water partition coefficient (Wildman–Crippen LogP) is 5.28. The van der Waals surface area contributed by atoms with Crippen LogP contribution in [-0.2, 0) is 10.5 Å². The van der Waals surface area contributed by atoms with E-state index in [1.165, 1.54) is 0 Å². The Morgan fingerprint density at radius 3 is 2.62 bits per heavy atom. The van der Waals surface area contributed by atoms with E-state index in [0.717, 1.165) is 32.1 Å². The molecular formula is C16H15BrClNOS. The maximum Gasteiger partial charge on any atom is 0.234 e. The second-order valence-corrected chi connectivity index (χ2v) is 6.93. The number of anilines is 1. The number of thioether (sulfide) groups is 1. The molecule has 0 fully saturated rings. The van der Waals surface area contributed by atoms with Crippen LogP contribution >= 0.6 is 39.3 Å². The van der Waals surface area contributed by atoms with Gasteiger partial charge in [-0.15, -0.1) is 11.8 Å². The number of carbonyl (C=O) groups is 1. The van der Waals surface area contributed by atoms with E-state index in [1.54, 1.807) is 11.8 Å². The number of hydrogen-bond donors (Lipinski definition) is 1. The molecule has 2 aromatic rings. The Balaban J connectivity index is 1.81. The number of aryl methyl sites for hydroxylation is 1. The van der Waals surface area contributed by atoms with Crippen LogP contribution in [0.25, 0.3) is 0 Å². The lowest BCUT2D eigenvalue weighted by Crippen LogP contribution is -2.14. The molecule has 0 aromatic heterocycles. The van der Waals surface area contributed by atoms with Crippen molar-refractivity contribution in [2.45, 2.75) is 12.7 Å². The molecule has 2 nitrogen and oxygen atoms in total. The topological polar surface area (TPSA) is 29.1 Å². The highest BCUT2D eigenvalue weighted by Gasteiger charge is 2.06. The monoisotopic (exact) mass is 383 g/mol. The van der Waals surface area contributed by atoms with Gasteiger partial charge < -0.3 is 5.32 Å². The number of halogens is 2. The Morgan fingerprint density at radius 2 is 1.95 bits per heavy atom. The molecule has 0 atom stereocenters. The molecule has 21 heavy (non-hydrogen) atoms. The summed E-state index contributed by atoms with van der Waals surface area (Å²) >= 11 is 10.9. The van der Waals surface area contributed by atoms with Crippen LogP contribution < -0.4 is 5.32 Å². The summed E-state index contributed by atoms with van der Waals surface area (Å²) in [7, 11) is 0. The van der Waals surface area contributed by atoms with Gasteiger partial charge in [-0.2, -0.15) is 0 Å². The normalized spacial score (nSPS) is 10.4. The Morgan fingerprint density at radius 1 is 1.24 bits per heavy atom. The zero-order valence-corrected chi connectivity index (χ0v) is 14.7. The molecule has 1 amide bonds. The van der Waals surface area contributed by atoms with Crippen LogP contribution in [0, 0.1) is 6.92 Å². The molecule has 0 aliphatic rings. The lowest BCUT2D eigenvalue weighted by atomic mass is 10.2. The lowest BCUT2D eigenvalue weighted by molar-refractivity contribution is -0.113. The Kier molecular flexibility index (Phi) is 6.15. The number of amides is 1. The zero-order valence-electron chi connectivity index (χ0n) is 11.5. The van der Waals surface area contributed by atoms with Crippen LogP contribution in [-0.4, -0.2) is 11.7 Å². The van der Waals surface area contributed by atoms with Crippen molar-refractivity contribution in [2.24, 2.45) is 0 Å². The highest BCUT2D eigenvalue weighted by molar-refractivity contribution is 9.10. The second-order valence-electron chi connectivity index (χ2n) is 4.65. The third-order valence-electron chi connectivity index (χ3n) is 2.81. The van der Waals surface area contributed by atoms with Crippen molar-refractivity contribution < 1.29 is 4.79 Å². The highest BCUT2D eigenvalue weighted by atomic mass is 79.9. The molecule has 0 aliphatic carbocycles. The first kappa shape index (κ1) is 16.4. The van der Waals surface area contributed by atoms with Crippen LogP contribution in [0.1, 0.15) is 11.1 Å². The number of rotatable bonds is 5. The van der Waals surface area contributed by atoms with Crippen molar-refractivity contribution in [3.05, 3.63) is 63.1 Å². The van der Waals surface area contributed by atoms with Crippen molar-refractivity contribution in [3.8, 4) is 0 Å². The van der Waals surface area contributed by atoms with Crippen molar-refractivity contribution in [3.63, 3.8) is 0 Å². The minimum absolute atomic E-state index is 0.00137. The smallest absolute Gasteiger partial charge is 0.234 e. The van der Waals surface area contributed by atoms with E-state index in [1.807, 2.05) is 49.4 Å². The fraction of sp³-hybridized carbons (Fsp3) is 0.188. The average Bonchev–Trinajstić information content (AvgIpc) is 2.44. The van der Waals surface area contributed by atoms with Gasteiger partial charge in [0.05, 0.1) is 11.4 Å². The SMILES string of the molecule is Cc1ccc(NC(=O)CSCc2ccc(Cl)cc2)c(Br)c1. The fourth-order valence-corrected chi connectivity index (χ4v) is 3.26. The quantitative estimate of drug-likeness (QED) is 0.759. The minimum Gasteiger partial charge on any atom is -0.324 e. The predicted molar refractivity (Wildman–Crippen MR) is 95.1 cm³/mol. The van der Waals surface area contributed by atoms with Gasteiger partial charge >= 0.3 is 0 Å². The first-order chi connectivity index (χ1) is 10.0. The summed E-state index contributed by atoms with van der Waals surface area (Å²) in [6, 6.07) is 13.5. The largest absolute Gasteiger partial charge is 0.324 e. The maximum atomic E-state index is 11.9. The van der Waals surface area contributed by atoms with E-state index in [-0.39, 0.29) is 5.91 Å². The van der Waals surface area contributed by atoms with Gasteiger partial charge in [0.15, 0.2) is 0 Å². The van der Waals surface area contributed by atoms with Gasteiger partial charge in [0.2, 0.25) is 5.91 Å². The van der Waals surface area contributed by atoms with E-state index in [0.29, 0.717) is 5.75 Å². The van der Waals surface area contributed by atoms with E-state index in [9.17, 15) is 4.79 Å². The first-order valence-corrected chi connectivity index (χ1v) is 8.75. The molecule has 1 N–H and O–H groups in total. The molecular weight excluding hydrogens is 370 g/mol. The molecule has 0 saturated heterocycles. The third kappa shape index (κ3) is 5.38. The highest BCUT2D eigenvalue weighted by Crippen LogP contribution is 2.23. The number of benzene rings is 2. The van der Waals surface area contributed by atoms with E-state index in [2.05, 4.69) is 21.2 Å². The van der Waals surface area contributed by atoms with E-state index >= 15 is 0 Å². The molecule has 5 heteroatoms. The lowest BCUT2D eigenvalue weighted by Gasteiger charge is -2.08. The Hall–Kier alpha value is -0.970. The van der Waals surface area contributed by atoms with Crippen LogP contribution in [0.5, 0.6) is 0 Å². The minimum atomic E-state index is -0.00137.